The van der Waals surface area contributed by atoms with E-state index in [1.807, 2.05) is 30.4 Å². The fourth-order valence-electron chi connectivity index (χ4n) is 6.86. The second-order valence-corrected chi connectivity index (χ2v) is 19.3. The number of esters is 2. The lowest BCUT2D eigenvalue weighted by Gasteiger charge is -2.43. The molecule has 19 heteroatoms. The van der Waals surface area contributed by atoms with Crippen LogP contribution in [0.1, 0.15) is 162 Å². The molecule has 0 bridgehead atoms. The molecular weight excluding hydrogens is 898 g/mol. The predicted octanol–water partition coefficient (Wildman–Crippen LogP) is 8.03. The highest BCUT2D eigenvalue weighted by molar-refractivity contribution is 7.47. The van der Waals surface area contributed by atoms with E-state index in [1.54, 1.807) is 12.2 Å². The Labute approximate surface area is 392 Å². The number of aliphatic hydroxyl groups is 5. The van der Waals surface area contributed by atoms with Gasteiger partial charge < -0.3 is 49.7 Å². The number of hydrogen-bond donors (Lipinski definition) is 8. The fourth-order valence-corrected chi connectivity index (χ4v) is 8.40. The standard InChI is InChI=1S/C47H82O17P2/c1-3-5-7-9-11-12-13-14-15-16-17-18-23-27-31-35-41(50)62-39(37-61-66(58,59)64-47-44(53)42(51)43(52)46(45(47)54)63-65(55,56)57)36-60-40(49)34-30-26-22-20-19-21-25-29-33-38(48)32-28-24-10-8-6-4-2/h14-15,20-22,24-25,28-29,33,38-39,42-48,51-54H,3-13,16-19,23,26-27,30-32,34-37H2,1-2H3,(H,58,59)(H2,55,56,57)/b15-14-,22-20-,25-21-,28-24-,33-29+/t38-,39-,42?,43?,44?,45?,46-,47+/m1/s1. The van der Waals surface area contributed by atoms with E-state index in [4.69, 9.17) is 18.5 Å². The normalized spacial score (nSPS) is 22.5. The van der Waals surface area contributed by atoms with Crippen molar-refractivity contribution in [3.05, 3.63) is 60.8 Å². The number of ether oxygens (including phenoxy) is 2. The van der Waals surface area contributed by atoms with Crippen LogP contribution in [0.5, 0.6) is 0 Å². The maximum absolute atomic E-state index is 13.0. The van der Waals surface area contributed by atoms with Crippen LogP contribution in [0, 0.1) is 0 Å². The van der Waals surface area contributed by atoms with E-state index in [0.717, 1.165) is 51.4 Å². The van der Waals surface area contributed by atoms with Crippen LogP contribution in [-0.2, 0) is 41.8 Å². The lowest BCUT2D eigenvalue weighted by atomic mass is 9.85. The number of hydrogen-bond acceptors (Lipinski definition) is 14. The zero-order valence-corrected chi connectivity index (χ0v) is 41.0. The summed E-state index contributed by atoms with van der Waals surface area (Å²) in [7, 11) is -10.7. The Hall–Kier alpha value is -2.34. The van der Waals surface area contributed by atoms with Crippen LogP contribution in [-0.4, -0.2) is 114 Å². The van der Waals surface area contributed by atoms with Crippen molar-refractivity contribution in [2.45, 2.75) is 210 Å². The monoisotopic (exact) mass is 981 g/mol. The molecular formula is C47H82O17P2. The van der Waals surface area contributed by atoms with E-state index in [1.165, 1.54) is 51.4 Å². The molecule has 0 aromatic carbocycles. The fraction of sp³-hybridized carbons (Fsp3) is 0.745. The minimum Gasteiger partial charge on any atom is -0.462 e. The van der Waals surface area contributed by atoms with Gasteiger partial charge in [-0.1, -0.05) is 139 Å². The molecule has 0 saturated heterocycles. The van der Waals surface area contributed by atoms with Crippen molar-refractivity contribution in [3.8, 4) is 0 Å². The second kappa shape index (κ2) is 37.5. The van der Waals surface area contributed by atoms with E-state index in [0.29, 0.717) is 32.1 Å². The largest absolute Gasteiger partial charge is 0.472 e. The number of carbonyl (C=O) groups excluding carboxylic acids is 2. The molecule has 0 amide bonds. The van der Waals surface area contributed by atoms with Crippen LogP contribution in [0.15, 0.2) is 60.8 Å². The summed E-state index contributed by atoms with van der Waals surface area (Å²) in [6.07, 6.45) is 24.9. The van der Waals surface area contributed by atoms with E-state index in [9.17, 15) is 58.9 Å². The lowest BCUT2D eigenvalue weighted by Crippen LogP contribution is -2.64. The van der Waals surface area contributed by atoms with Gasteiger partial charge >= 0.3 is 27.6 Å². The van der Waals surface area contributed by atoms with E-state index in [2.05, 4.69) is 36.6 Å². The quantitative estimate of drug-likeness (QED) is 0.00951. The number of aliphatic hydroxyl groups excluding tert-OH is 5. The van der Waals surface area contributed by atoms with E-state index in [-0.39, 0.29) is 12.8 Å². The minimum absolute atomic E-state index is 0.00807. The maximum atomic E-state index is 13.0. The van der Waals surface area contributed by atoms with Gasteiger partial charge in [-0.3, -0.25) is 23.2 Å². The summed E-state index contributed by atoms with van der Waals surface area (Å²) in [5, 5.41) is 51.3. The van der Waals surface area contributed by atoms with Crippen molar-refractivity contribution in [2.24, 2.45) is 0 Å². The zero-order chi connectivity index (χ0) is 49.1. The van der Waals surface area contributed by atoms with Crippen molar-refractivity contribution in [1.29, 1.82) is 0 Å². The average molecular weight is 981 g/mol. The van der Waals surface area contributed by atoms with Crippen molar-refractivity contribution >= 4 is 27.6 Å². The van der Waals surface area contributed by atoms with Crippen molar-refractivity contribution in [2.75, 3.05) is 13.2 Å². The van der Waals surface area contributed by atoms with Gasteiger partial charge in [0.05, 0.1) is 12.7 Å². The van der Waals surface area contributed by atoms with Crippen molar-refractivity contribution < 1.29 is 82.0 Å². The lowest BCUT2D eigenvalue weighted by molar-refractivity contribution is -0.216. The number of allylic oxidation sites excluding steroid dienone is 8. The molecule has 5 unspecified atom stereocenters. The SMILES string of the molecule is CCCCC/C=C\C[C@@H](O)/C=C/C=C\C/C=C\CCCC(=O)OC[C@H](COP(=O)(O)O[C@H]1C(O)C(O)C(O)[C@@H](OP(=O)(O)O)C1O)OC(=O)CCCCCCC/C=C\CCCCCCCC. The van der Waals surface area contributed by atoms with Gasteiger partial charge in [0.2, 0.25) is 0 Å². The van der Waals surface area contributed by atoms with Crippen LogP contribution >= 0.6 is 15.6 Å². The number of carbonyl (C=O) groups is 2. The van der Waals surface area contributed by atoms with E-state index >= 15 is 0 Å². The first-order valence-corrected chi connectivity index (χ1v) is 27.0. The third kappa shape index (κ3) is 31.7. The number of phosphoric acid groups is 2. The Balaban J connectivity index is 2.66. The van der Waals surface area contributed by atoms with E-state index < -0.39 is 89.6 Å². The highest BCUT2D eigenvalue weighted by atomic mass is 31.2. The molecule has 0 aromatic rings. The number of phosphoric ester groups is 2. The predicted molar refractivity (Wildman–Crippen MR) is 252 cm³/mol. The molecule has 1 aliphatic carbocycles. The van der Waals surface area contributed by atoms with Gasteiger partial charge in [-0.25, -0.2) is 9.13 Å². The summed E-state index contributed by atoms with van der Waals surface area (Å²) >= 11 is 0. The highest BCUT2D eigenvalue weighted by Crippen LogP contribution is 2.49. The van der Waals surface area contributed by atoms with Crippen LogP contribution in [0.2, 0.25) is 0 Å². The zero-order valence-electron chi connectivity index (χ0n) is 39.2. The Kier molecular flexibility index (Phi) is 35.1. The van der Waals surface area contributed by atoms with Crippen molar-refractivity contribution in [3.63, 3.8) is 0 Å². The molecule has 0 radical (unpaired) electrons. The first kappa shape index (κ1) is 61.7. The molecule has 9 atom stereocenters. The summed E-state index contributed by atoms with van der Waals surface area (Å²) in [6.45, 7) is 2.94. The minimum atomic E-state index is -5.38. The molecule has 8 N–H and O–H groups in total. The van der Waals surface area contributed by atoms with Gasteiger partial charge in [-0.05, 0) is 70.6 Å². The van der Waals surface area contributed by atoms with Gasteiger partial charge in [0.1, 0.15) is 43.2 Å². The molecule has 382 valence electrons. The Morgan fingerprint density at radius 2 is 1.08 bits per heavy atom. The summed E-state index contributed by atoms with van der Waals surface area (Å²) in [4.78, 5) is 54.2. The van der Waals surface area contributed by atoms with Gasteiger partial charge in [-0.2, -0.15) is 0 Å². The van der Waals surface area contributed by atoms with Crippen LogP contribution in [0.25, 0.3) is 0 Å². The van der Waals surface area contributed by atoms with Crippen molar-refractivity contribution in [1.82, 2.24) is 0 Å². The molecule has 0 aromatic heterocycles. The number of rotatable bonds is 39. The third-order valence-corrected chi connectivity index (χ3v) is 12.1. The van der Waals surface area contributed by atoms with Crippen LogP contribution in [0.4, 0.5) is 0 Å². The third-order valence-electron chi connectivity index (χ3n) is 10.6. The molecule has 0 heterocycles. The topological polar surface area (TPSA) is 276 Å². The first-order chi connectivity index (χ1) is 31.5. The molecule has 1 rings (SSSR count). The highest BCUT2D eigenvalue weighted by Gasteiger charge is 2.54. The summed E-state index contributed by atoms with van der Waals surface area (Å²) in [5.74, 6) is -1.32. The Morgan fingerprint density at radius 1 is 0.561 bits per heavy atom. The smallest absolute Gasteiger partial charge is 0.462 e. The van der Waals surface area contributed by atoms with Crippen LogP contribution < -0.4 is 0 Å². The van der Waals surface area contributed by atoms with Gasteiger partial charge in [0.25, 0.3) is 0 Å². The Morgan fingerprint density at radius 3 is 1.71 bits per heavy atom. The van der Waals surface area contributed by atoms with Gasteiger partial charge in [0, 0.05) is 12.8 Å². The van der Waals surface area contributed by atoms with Gasteiger partial charge in [0.15, 0.2) is 6.10 Å². The molecule has 1 fully saturated rings. The summed E-state index contributed by atoms with van der Waals surface area (Å²) in [5.41, 5.74) is 0. The second-order valence-electron chi connectivity index (χ2n) is 16.7. The van der Waals surface area contributed by atoms with Gasteiger partial charge in [-0.15, -0.1) is 0 Å². The molecule has 0 aliphatic heterocycles. The molecule has 66 heavy (non-hydrogen) atoms. The average Bonchev–Trinajstić information content (AvgIpc) is 3.27. The molecule has 0 spiro atoms. The molecule has 17 nitrogen and oxygen atoms in total. The van der Waals surface area contributed by atoms with Crippen LogP contribution in [0.3, 0.4) is 0 Å². The Bertz CT molecular complexity index is 1530. The first-order valence-electron chi connectivity index (χ1n) is 23.9. The maximum Gasteiger partial charge on any atom is 0.472 e. The summed E-state index contributed by atoms with van der Waals surface area (Å²) < 4.78 is 49.3. The molecule has 1 aliphatic rings. The molecule has 1 saturated carbocycles. The number of unbranched alkanes of at least 4 members (excludes halogenated alkanes) is 15. The summed E-state index contributed by atoms with van der Waals surface area (Å²) in [6, 6.07) is 0.